The van der Waals surface area contributed by atoms with Crippen molar-refractivity contribution in [2.75, 3.05) is 0 Å². The third-order valence-electron chi connectivity index (χ3n) is 0. The van der Waals surface area contributed by atoms with E-state index >= 15 is 0 Å². The molecule has 25 valence electrons. The van der Waals surface area contributed by atoms with E-state index in [2.05, 4.69) is 0 Å². The first-order valence-electron chi connectivity index (χ1n) is 0. The van der Waals surface area contributed by atoms with Gasteiger partial charge in [0, 0.05) is 19.5 Å². The van der Waals surface area contributed by atoms with Gasteiger partial charge < -0.3 is 11.0 Å². The summed E-state index contributed by atoms with van der Waals surface area (Å²) in [6.07, 6.45) is 0. The predicted molar refractivity (Wildman–Crippen MR) is 1.37 cm³/mol. The summed E-state index contributed by atoms with van der Waals surface area (Å²) in [7, 11) is 0. The minimum Gasteiger partial charge on any atom is -2.00 e. The third-order valence-corrected chi connectivity index (χ3v) is 0. The van der Waals surface area contributed by atoms with Gasteiger partial charge in [-0.05, 0) is 0 Å². The zero-order valence-electron chi connectivity index (χ0n) is 1.65. The van der Waals surface area contributed by atoms with E-state index in [0.717, 1.165) is 0 Å². The maximum Gasteiger partial charge on any atom is 4.00 e. The summed E-state index contributed by atoms with van der Waals surface area (Å²) < 4.78 is 0. The molecule has 0 unspecified atom stereocenters. The molecule has 0 amide bonds. The second-order valence-corrected chi connectivity index (χ2v) is 0. The van der Waals surface area contributed by atoms with Gasteiger partial charge in [-0.1, -0.05) is 0 Å². The summed E-state index contributed by atoms with van der Waals surface area (Å²) in [4.78, 5) is 0. The Morgan fingerprint density at radius 3 is 0.750 bits per heavy atom. The molecule has 0 aliphatic rings. The number of hydrogen-bond donors (Lipinski definition) is 0. The first-order valence-corrected chi connectivity index (χ1v) is 0. The number of hydrogen-bond acceptors (Lipinski definition) is 0. The van der Waals surface area contributed by atoms with Gasteiger partial charge in [0.25, 0.3) is 0 Å². The molecule has 0 bridgehead atoms. The topological polar surface area (TPSA) is 57.0 Å². The van der Waals surface area contributed by atoms with Crippen molar-refractivity contribution in [1.82, 2.24) is 0 Å². The Balaban J connectivity index is 0. The Morgan fingerprint density at radius 1 is 0.750 bits per heavy atom. The molecule has 0 spiro atoms. The first-order chi connectivity index (χ1) is 0. The summed E-state index contributed by atoms with van der Waals surface area (Å²) in [6.45, 7) is 0. The fourth-order valence-electron chi connectivity index (χ4n) is 0. The van der Waals surface area contributed by atoms with Crippen molar-refractivity contribution in [3.63, 3.8) is 0 Å². The Kier molecular flexibility index (Phi) is 334. The maximum absolute atomic E-state index is 0. The molecule has 0 rings (SSSR count). The Labute approximate surface area is 56.5 Å². The van der Waals surface area contributed by atoms with Gasteiger partial charge in [0.2, 0.25) is 0 Å². The number of rotatable bonds is 0. The molecule has 0 saturated heterocycles. The van der Waals surface area contributed by atoms with Gasteiger partial charge in [-0.3, -0.25) is 0 Å². The third kappa shape index (κ3) is 9.91. The summed E-state index contributed by atoms with van der Waals surface area (Å²) in [5.41, 5.74) is 0. The zero-order chi connectivity index (χ0) is 0. The van der Waals surface area contributed by atoms with E-state index in [1.165, 1.54) is 0 Å². The smallest absolute Gasteiger partial charge is 2.00 e. The molecule has 4 heteroatoms. The van der Waals surface area contributed by atoms with E-state index in [0.29, 0.717) is 0 Å². The second-order valence-electron chi connectivity index (χ2n) is 0. The Bertz CT molecular complexity index is 6.00. The Morgan fingerprint density at radius 2 is 0.750 bits per heavy atom. The molecule has 0 aliphatic carbocycles. The standard InChI is InChI=1S/2O.Rh.Zr/q2*-2;;+4. The molecule has 0 aliphatic heterocycles. The molecule has 0 fully saturated rings. The molecular formula is O2RhZr. The van der Waals surface area contributed by atoms with Crippen molar-refractivity contribution >= 4 is 0 Å². The molecule has 0 heterocycles. The predicted octanol–water partition coefficient (Wildman–Crippen LogP) is -0.243. The minimum absolute atomic E-state index is 0. The maximum atomic E-state index is 0. The van der Waals surface area contributed by atoms with Crippen molar-refractivity contribution in [1.29, 1.82) is 0 Å². The van der Waals surface area contributed by atoms with E-state index in [4.69, 9.17) is 0 Å². The van der Waals surface area contributed by atoms with E-state index in [-0.39, 0.29) is 56.6 Å². The van der Waals surface area contributed by atoms with Crippen LogP contribution in [0.5, 0.6) is 0 Å². The van der Waals surface area contributed by atoms with Crippen LogP contribution in [0.3, 0.4) is 0 Å². The van der Waals surface area contributed by atoms with Crippen molar-refractivity contribution in [3.8, 4) is 0 Å². The molecule has 0 N–H and O–H groups in total. The molecule has 0 saturated carbocycles. The van der Waals surface area contributed by atoms with E-state index in [1.54, 1.807) is 0 Å². The largest absolute Gasteiger partial charge is 4.00 e. The summed E-state index contributed by atoms with van der Waals surface area (Å²) in [5.74, 6) is 0. The molecule has 0 aromatic heterocycles. The van der Waals surface area contributed by atoms with E-state index < -0.39 is 0 Å². The van der Waals surface area contributed by atoms with Crippen LogP contribution in [0.2, 0.25) is 0 Å². The SMILES string of the molecule is [O-2].[O-2].[Rh].[Zr+4]. The van der Waals surface area contributed by atoms with Gasteiger partial charge in [0.15, 0.2) is 0 Å². The molecule has 0 aromatic rings. The molecule has 4 heavy (non-hydrogen) atoms. The van der Waals surface area contributed by atoms with Crippen LogP contribution in [0.25, 0.3) is 0 Å². The zero-order valence-corrected chi connectivity index (χ0v) is 5.75. The van der Waals surface area contributed by atoms with Crippen molar-refractivity contribution < 1.29 is 56.6 Å². The van der Waals surface area contributed by atoms with Gasteiger partial charge in [0.1, 0.15) is 0 Å². The van der Waals surface area contributed by atoms with Gasteiger partial charge >= 0.3 is 26.2 Å². The first kappa shape index (κ1) is 52.3. The van der Waals surface area contributed by atoms with Crippen LogP contribution >= 0.6 is 0 Å². The van der Waals surface area contributed by atoms with Crippen LogP contribution in [-0.4, -0.2) is 0 Å². The van der Waals surface area contributed by atoms with E-state index in [1.807, 2.05) is 0 Å². The van der Waals surface area contributed by atoms with Gasteiger partial charge in [-0.2, -0.15) is 0 Å². The van der Waals surface area contributed by atoms with Crippen LogP contribution < -0.4 is 0 Å². The average molecular weight is 226 g/mol. The molecule has 0 aromatic carbocycles. The van der Waals surface area contributed by atoms with Crippen molar-refractivity contribution in [2.45, 2.75) is 0 Å². The fraction of sp³-hybridized carbons (Fsp3) is 0. The fourth-order valence-corrected chi connectivity index (χ4v) is 0. The van der Waals surface area contributed by atoms with Crippen molar-refractivity contribution in [3.05, 3.63) is 0 Å². The van der Waals surface area contributed by atoms with Crippen LogP contribution in [0.4, 0.5) is 0 Å². The Hall–Kier alpha value is 1.43. The van der Waals surface area contributed by atoms with Gasteiger partial charge in [-0.25, -0.2) is 0 Å². The van der Waals surface area contributed by atoms with Crippen molar-refractivity contribution in [2.24, 2.45) is 0 Å². The van der Waals surface area contributed by atoms with Gasteiger partial charge in [-0.15, -0.1) is 0 Å². The monoisotopic (exact) mass is 225 g/mol. The second kappa shape index (κ2) is 25.5. The minimum atomic E-state index is 0. The quantitative estimate of drug-likeness (QED) is 0.512. The van der Waals surface area contributed by atoms with E-state index in [9.17, 15) is 0 Å². The van der Waals surface area contributed by atoms with Gasteiger partial charge in [0.05, 0.1) is 0 Å². The molecule has 2 nitrogen and oxygen atoms in total. The summed E-state index contributed by atoms with van der Waals surface area (Å²) in [5, 5.41) is 0. The van der Waals surface area contributed by atoms with Crippen LogP contribution in [-0.2, 0) is 56.6 Å². The molecular weight excluding hydrogens is 226 g/mol. The van der Waals surface area contributed by atoms with Crippen LogP contribution in [0.15, 0.2) is 0 Å². The molecule has 0 atom stereocenters. The average Bonchev–Trinajstić information content (AvgIpc) is 0. The van der Waals surface area contributed by atoms with Crippen LogP contribution in [0, 0.1) is 0 Å². The summed E-state index contributed by atoms with van der Waals surface area (Å²) >= 11 is 0. The summed E-state index contributed by atoms with van der Waals surface area (Å²) in [6, 6.07) is 0. The van der Waals surface area contributed by atoms with Crippen LogP contribution in [0.1, 0.15) is 0 Å². The molecule has 1 radical (unpaired) electrons. The normalized spacial score (nSPS) is 0.